The van der Waals surface area contributed by atoms with Gasteiger partial charge in [0.1, 0.15) is 11.9 Å². The maximum Gasteiger partial charge on any atom is 0.145 e. The van der Waals surface area contributed by atoms with E-state index in [1.807, 2.05) is 36.4 Å². The summed E-state index contributed by atoms with van der Waals surface area (Å²) in [6.45, 7) is 0.416. The minimum Gasteiger partial charge on any atom is -0.484 e. The summed E-state index contributed by atoms with van der Waals surface area (Å²) in [5.41, 5.74) is 6.57. The van der Waals surface area contributed by atoms with Crippen molar-refractivity contribution in [1.29, 1.82) is 0 Å². The van der Waals surface area contributed by atoms with Crippen molar-refractivity contribution in [1.82, 2.24) is 0 Å². The highest BCUT2D eigenvalue weighted by Gasteiger charge is 2.13. The van der Waals surface area contributed by atoms with Crippen molar-refractivity contribution in [3.63, 3.8) is 0 Å². The van der Waals surface area contributed by atoms with Crippen molar-refractivity contribution < 1.29 is 9.84 Å². The van der Waals surface area contributed by atoms with Crippen LogP contribution in [-0.4, -0.2) is 11.7 Å². The zero-order valence-electron chi connectivity index (χ0n) is 9.67. The Morgan fingerprint density at radius 2 is 1.94 bits per heavy atom. The molecule has 1 atom stereocenters. The molecule has 0 spiro atoms. The molecular weight excluding hydrogens is 270 g/mol. The first kappa shape index (κ1) is 13.4. The highest BCUT2D eigenvalue weighted by atomic mass is 35.5. The maximum absolute atomic E-state index is 8.96. The average molecular weight is 284 g/mol. The van der Waals surface area contributed by atoms with Gasteiger partial charge in [-0.15, -0.1) is 11.3 Å². The number of hydrogen-bond donors (Lipinski definition) is 2. The van der Waals surface area contributed by atoms with E-state index in [2.05, 4.69) is 0 Å². The summed E-state index contributed by atoms with van der Waals surface area (Å²) >= 11 is 7.37. The van der Waals surface area contributed by atoms with Gasteiger partial charge in [-0.25, -0.2) is 0 Å². The van der Waals surface area contributed by atoms with Gasteiger partial charge in [0.05, 0.1) is 10.9 Å². The molecule has 0 bridgehead atoms. The summed E-state index contributed by atoms with van der Waals surface area (Å²) in [5, 5.41) is 8.96. The lowest BCUT2D eigenvalue weighted by Crippen LogP contribution is -2.17. The number of halogens is 1. The molecule has 2 aromatic rings. The second-order valence-corrected chi connectivity index (χ2v) is 5.53. The summed E-state index contributed by atoms with van der Waals surface area (Å²) in [4.78, 5) is 1.01. The molecule has 0 aliphatic heterocycles. The molecule has 1 heterocycles. The first-order valence-corrected chi connectivity index (χ1v) is 6.74. The minimum atomic E-state index is -0.192. The fourth-order valence-corrected chi connectivity index (χ4v) is 2.66. The monoisotopic (exact) mass is 283 g/mol. The van der Waals surface area contributed by atoms with Crippen molar-refractivity contribution in [2.75, 3.05) is 6.54 Å². The van der Waals surface area contributed by atoms with Gasteiger partial charge in [-0.3, -0.25) is 0 Å². The third-order valence-corrected chi connectivity index (χ3v) is 3.83. The van der Waals surface area contributed by atoms with Crippen LogP contribution in [0.15, 0.2) is 36.4 Å². The number of aliphatic hydroxyl groups excluding tert-OH is 1. The molecule has 0 amide bonds. The fraction of sp³-hybridized carbons (Fsp3) is 0.231. The van der Waals surface area contributed by atoms with E-state index >= 15 is 0 Å². The largest absolute Gasteiger partial charge is 0.484 e. The van der Waals surface area contributed by atoms with Crippen molar-refractivity contribution in [2.24, 2.45) is 5.73 Å². The normalized spacial score (nSPS) is 12.4. The zero-order chi connectivity index (χ0) is 13.0. The third-order valence-electron chi connectivity index (χ3n) is 2.51. The number of benzene rings is 1. The summed E-state index contributed by atoms with van der Waals surface area (Å²) in [6, 6.07) is 11.1. The lowest BCUT2D eigenvalue weighted by molar-refractivity contribution is 0.218. The van der Waals surface area contributed by atoms with E-state index in [9.17, 15) is 0 Å². The summed E-state index contributed by atoms with van der Waals surface area (Å²) < 4.78 is 6.53. The molecule has 0 saturated heterocycles. The van der Waals surface area contributed by atoms with E-state index in [1.165, 1.54) is 11.3 Å². The van der Waals surface area contributed by atoms with Gasteiger partial charge in [-0.1, -0.05) is 23.7 Å². The molecule has 2 rings (SSSR count). The lowest BCUT2D eigenvalue weighted by Gasteiger charge is -2.16. The molecule has 0 radical (unpaired) electrons. The quantitative estimate of drug-likeness (QED) is 0.887. The highest BCUT2D eigenvalue weighted by molar-refractivity contribution is 7.16. The van der Waals surface area contributed by atoms with Crippen LogP contribution < -0.4 is 10.5 Å². The van der Waals surface area contributed by atoms with E-state index in [-0.39, 0.29) is 12.7 Å². The Kier molecular flexibility index (Phi) is 4.60. The van der Waals surface area contributed by atoms with Gasteiger partial charge in [-0.2, -0.15) is 0 Å². The summed E-state index contributed by atoms with van der Waals surface area (Å²) in [6.07, 6.45) is -0.192. The maximum atomic E-state index is 8.96. The molecular formula is C13H14ClNO2S. The van der Waals surface area contributed by atoms with Crippen LogP contribution in [0.4, 0.5) is 0 Å². The first-order valence-electron chi connectivity index (χ1n) is 5.54. The third kappa shape index (κ3) is 3.23. The first-order chi connectivity index (χ1) is 8.72. The molecule has 0 aliphatic carbocycles. The van der Waals surface area contributed by atoms with Crippen molar-refractivity contribution in [2.45, 2.75) is 12.7 Å². The Labute approximate surface area is 115 Å². The summed E-state index contributed by atoms with van der Waals surface area (Å²) in [5.74, 6) is 0.729. The van der Waals surface area contributed by atoms with Crippen LogP contribution >= 0.6 is 22.9 Å². The van der Waals surface area contributed by atoms with Crippen molar-refractivity contribution in [3.8, 4) is 5.75 Å². The van der Waals surface area contributed by atoms with Gasteiger partial charge in [0.25, 0.3) is 0 Å². The smallest absolute Gasteiger partial charge is 0.145 e. The standard InChI is InChI=1S/C13H14ClNO2S/c14-13-6-5-12(18-13)11(7-15)17-10-3-1-9(8-16)2-4-10/h1-6,11,16H,7-8,15H2. The van der Waals surface area contributed by atoms with Crippen LogP contribution in [0.3, 0.4) is 0 Å². The van der Waals surface area contributed by atoms with E-state index < -0.39 is 0 Å². The van der Waals surface area contributed by atoms with Crippen LogP contribution in [0.5, 0.6) is 5.75 Å². The average Bonchev–Trinajstić information content (AvgIpc) is 2.83. The predicted molar refractivity (Wildman–Crippen MR) is 74.1 cm³/mol. The second kappa shape index (κ2) is 6.20. The Hall–Kier alpha value is -1.07. The predicted octanol–water partition coefficient (Wildman–Crippen LogP) is 2.97. The Balaban J connectivity index is 2.10. The minimum absolute atomic E-state index is 0.0289. The van der Waals surface area contributed by atoms with Crippen LogP contribution in [0.25, 0.3) is 0 Å². The van der Waals surface area contributed by atoms with Gasteiger partial charge >= 0.3 is 0 Å². The number of nitrogens with two attached hydrogens (primary N) is 1. The molecule has 1 unspecified atom stereocenters. The molecule has 18 heavy (non-hydrogen) atoms. The lowest BCUT2D eigenvalue weighted by atomic mass is 10.2. The Morgan fingerprint density at radius 1 is 1.22 bits per heavy atom. The van der Waals surface area contributed by atoms with E-state index in [4.69, 9.17) is 27.2 Å². The van der Waals surface area contributed by atoms with E-state index in [0.29, 0.717) is 6.54 Å². The molecule has 96 valence electrons. The fourth-order valence-electron chi connectivity index (χ4n) is 1.56. The van der Waals surface area contributed by atoms with Gasteiger partial charge < -0.3 is 15.6 Å². The number of rotatable bonds is 5. The van der Waals surface area contributed by atoms with Crippen molar-refractivity contribution in [3.05, 3.63) is 51.2 Å². The molecule has 1 aromatic carbocycles. The van der Waals surface area contributed by atoms with Gasteiger partial charge in [0.2, 0.25) is 0 Å². The summed E-state index contributed by atoms with van der Waals surface area (Å²) in [7, 11) is 0. The van der Waals surface area contributed by atoms with Crippen molar-refractivity contribution >= 4 is 22.9 Å². The van der Waals surface area contributed by atoms with Gasteiger partial charge in [0, 0.05) is 11.4 Å². The van der Waals surface area contributed by atoms with Crippen LogP contribution in [-0.2, 0) is 6.61 Å². The number of ether oxygens (including phenoxy) is 1. The molecule has 1 aromatic heterocycles. The van der Waals surface area contributed by atoms with E-state index in [1.54, 1.807) is 0 Å². The molecule has 5 heteroatoms. The zero-order valence-corrected chi connectivity index (χ0v) is 11.2. The highest BCUT2D eigenvalue weighted by Crippen LogP contribution is 2.29. The van der Waals surface area contributed by atoms with Crippen LogP contribution in [0, 0.1) is 0 Å². The van der Waals surface area contributed by atoms with Gasteiger partial charge in [0.15, 0.2) is 0 Å². The van der Waals surface area contributed by atoms with Gasteiger partial charge in [-0.05, 0) is 29.8 Å². The number of aliphatic hydroxyl groups is 1. The number of hydrogen-bond acceptors (Lipinski definition) is 4. The molecule has 0 fully saturated rings. The number of thiophene rings is 1. The molecule has 3 N–H and O–H groups in total. The Morgan fingerprint density at radius 3 is 2.44 bits per heavy atom. The van der Waals surface area contributed by atoms with E-state index in [0.717, 1.165) is 20.5 Å². The van der Waals surface area contributed by atoms with Crippen LogP contribution in [0.2, 0.25) is 4.34 Å². The molecule has 3 nitrogen and oxygen atoms in total. The molecule has 0 saturated carbocycles. The molecule has 0 aliphatic rings. The van der Waals surface area contributed by atoms with Crippen LogP contribution in [0.1, 0.15) is 16.5 Å². The Bertz CT molecular complexity index is 498. The topological polar surface area (TPSA) is 55.5 Å². The second-order valence-electron chi connectivity index (χ2n) is 3.79. The SMILES string of the molecule is NCC(Oc1ccc(CO)cc1)c1ccc(Cl)s1.